The molecule has 0 heterocycles. The van der Waals surface area contributed by atoms with E-state index < -0.39 is 5.97 Å². The summed E-state index contributed by atoms with van der Waals surface area (Å²) in [7, 11) is 1.66. The number of hydrogen-bond acceptors (Lipinski definition) is 2. The second-order valence-corrected chi connectivity index (χ2v) is 5.76. The van der Waals surface area contributed by atoms with Gasteiger partial charge in [0.2, 0.25) is 5.91 Å². The summed E-state index contributed by atoms with van der Waals surface area (Å²) in [6, 6.07) is 7.90. The number of amides is 1. The van der Waals surface area contributed by atoms with E-state index in [2.05, 4.69) is 15.9 Å². The van der Waals surface area contributed by atoms with Gasteiger partial charge in [0, 0.05) is 24.0 Å². The number of halogens is 1. The molecule has 0 saturated carbocycles. The van der Waals surface area contributed by atoms with Crippen LogP contribution in [0.2, 0.25) is 0 Å². The van der Waals surface area contributed by atoms with E-state index in [9.17, 15) is 9.59 Å². The Labute approximate surface area is 127 Å². The zero-order chi connectivity index (χ0) is 15.1. The molecule has 1 aromatic carbocycles. The van der Waals surface area contributed by atoms with E-state index >= 15 is 0 Å². The first-order valence-corrected chi connectivity index (χ1v) is 7.44. The minimum Gasteiger partial charge on any atom is -0.481 e. The highest BCUT2D eigenvalue weighted by molar-refractivity contribution is 9.10. The standard InChI is InChI=1S/C15H20BrNO3/c1-3-12(9-11-5-4-6-13(16)10-11)15(20)17(2)8-7-14(18)19/h4-6,10,12H,3,7-9H2,1-2H3,(H,18,19). The molecule has 1 atom stereocenters. The molecule has 0 fully saturated rings. The third-order valence-corrected chi connectivity index (χ3v) is 3.74. The molecule has 110 valence electrons. The van der Waals surface area contributed by atoms with Gasteiger partial charge in [-0.2, -0.15) is 0 Å². The molecule has 0 aliphatic heterocycles. The van der Waals surface area contributed by atoms with Crippen molar-refractivity contribution in [2.75, 3.05) is 13.6 Å². The average Bonchev–Trinajstić information content (AvgIpc) is 2.41. The number of rotatable bonds is 7. The summed E-state index contributed by atoms with van der Waals surface area (Å²) in [5.74, 6) is -0.985. The van der Waals surface area contributed by atoms with Crippen LogP contribution in [0.3, 0.4) is 0 Å². The maximum atomic E-state index is 12.3. The molecule has 0 radical (unpaired) electrons. The van der Waals surface area contributed by atoms with Gasteiger partial charge in [0.15, 0.2) is 0 Å². The summed E-state index contributed by atoms with van der Waals surface area (Å²) < 4.78 is 0.997. The van der Waals surface area contributed by atoms with Crippen molar-refractivity contribution in [2.45, 2.75) is 26.2 Å². The first-order chi connectivity index (χ1) is 9.43. The van der Waals surface area contributed by atoms with Gasteiger partial charge in [-0.3, -0.25) is 9.59 Å². The number of carboxylic acid groups (broad SMARTS) is 1. The molecule has 4 nitrogen and oxygen atoms in total. The molecule has 1 amide bonds. The second-order valence-electron chi connectivity index (χ2n) is 4.84. The maximum absolute atomic E-state index is 12.3. The Morgan fingerprint density at radius 1 is 1.40 bits per heavy atom. The van der Waals surface area contributed by atoms with Gasteiger partial charge in [-0.1, -0.05) is 35.0 Å². The zero-order valence-electron chi connectivity index (χ0n) is 11.8. The van der Waals surface area contributed by atoms with Crippen LogP contribution in [0.1, 0.15) is 25.3 Å². The van der Waals surface area contributed by atoms with Crippen molar-refractivity contribution in [1.29, 1.82) is 0 Å². The second kappa shape index (κ2) is 8.04. The molecule has 0 aliphatic carbocycles. The van der Waals surface area contributed by atoms with E-state index in [1.54, 1.807) is 7.05 Å². The maximum Gasteiger partial charge on any atom is 0.305 e. The fraction of sp³-hybridized carbons (Fsp3) is 0.467. The highest BCUT2D eigenvalue weighted by atomic mass is 79.9. The predicted octanol–water partition coefficient (Wildman–Crippen LogP) is 2.95. The summed E-state index contributed by atoms with van der Waals surface area (Å²) in [4.78, 5) is 24.4. The van der Waals surface area contributed by atoms with E-state index in [4.69, 9.17) is 5.11 Å². The molecule has 1 N–H and O–H groups in total. The van der Waals surface area contributed by atoms with Gasteiger partial charge in [-0.05, 0) is 30.5 Å². The first-order valence-electron chi connectivity index (χ1n) is 6.65. The van der Waals surface area contributed by atoms with E-state index in [0.717, 1.165) is 16.5 Å². The monoisotopic (exact) mass is 341 g/mol. The normalized spacial score (nSPS) is 11.9. The highest BCUT2D eigenvalue weighted by Crippen LogP contribution is 2.18. The number of benzene rings is 1. The Morgan fingerprint density at radius 2 is 2.10 bits per heavy atom. The molecule has 1 unspecified atom stereocenters. The highest BCUT2D eigenvalue weighted by Gasteiger charge is 2.21. The smallest absolute Gasteiger partial charge is 0.305 e. The van der Waals surface area contributed by atoms with Gasteiger partial charge < -0.3 is 10.0 Å². The van der Waals surface area contributed by atoms with Gasteiger partial charge in [0.1, 0.15) is 0 Å². The van der Waals surface area contributed by atoms with Gasteiger partial charge in [-0.25, -0.2) is 0 Å². The fourth-order valence-corrected chi connectivity index (χ4v) is 2.49. The molecule has 0 spiro atoms. The van der Waals surface area contributed by atoms with Gasteiger partial charge in [0.05, 0.1) is 6.42 Å². The van der Waals surface area contributed by atoms with Crippen molar-refractivity contribution in [3.63, 3.8) is 0 Å². The minimum absolute atomic E-state index is 0.00808. The van der Waals surface area contributed by atoms with Crippen molar-refractivity contribution in [1.82, 2.24) is 4.90 Å². The molecule has 1 rings (SSSR count). The molecular formula is C15H20BrNO3. The average molecular weight is 342 g/mol. The minimum atomic E-state index is -0.885. The van der Waals surface area contributed by atoms with Crippen LogP contribution in [-0.4, -0.2) is 35.5 Å². The molecule has 0 saturated heterocycles. The lowest BCUT2D eigenvalue weighted by Crippen LogP contribution is -2.35. The van der Waals surface area contributed by atoms with E-state index in [1.165, 1.54) is 4.90 Å². The largest absolute Gasteiger partial charge is 0.481 e. The third-order valence-electron chi connectivity index (χ3n) is 3.25. The predicted molar refractivity (Wildman–Crippen MR) is 81.5 cm³/mol. The van der Waals surface area contributed by atoms with Crippen molar-refractivity contribution < 1.29 is 14.7 Å². The summed E-state index contributed by atoms with van der Waals surface area (Å²) in [6.45, 7) is 2.23. The zero-order valence-corrected chi connectivity index (χ0v) is 13.4. The van der Waals surface area contributed by atoms with E-state index in [1.807, 2.05) is 31.2 Å². The van der Waals surface area contributed by atoms with Crippen molar-refractivity contribution in [3.8, 4) is 0 Å². The molecular weight excluding hydrogens is 322 g/mol. The Hall–Kier alpha value is -1.36. The molecule has 0 bridgehead atoms. The van der Waals surface area contributed by atoms with Crippen LogP contribution in [0.15, 0.2) is 28.7 Å². The van der Waals surface area contributed by atoms with Crippen LogP contribution < -0.4 is 0 Å². The first kappa shape index (κ1) is 16.7. The molecule has 5 heteroatoms. The molecule has 20 heavy (non-hydrogen) atoms. The summed E-state index contributed by atoms with van der Waals surface area (Å²) in [6.07, 6.45) is 1.39. The van der Waals surface area contributed by atoms with Gasteiger partial charge in [-0.15, -0.1) is 0 Å². The molecule has 1 aromatic rings. The van der Waals surface area contributed by atoms with E-state index in [0.29, 0.717) is 6.42 Å². The van der Waals surface area contributed by atoms with Crippen LogP contribution in [0.25, 0.3) is 0 Å². The van der Waals surface area contributed by atoms with Crippen molar-refractivity contribution >= 4 is 27.8 Å². The SMILES string of the molecule is CCC(Cc1cccc(Br)c1)C(=O)N(C)CCC(=O)O. The summed E-state index contributed by atoms with van der Waals surface area (Å²) >= 11 is 3.42. The topological polar surface area (TPSA) is 57.6 Å². The lowest BCUT2D eigenvalue weighted by Gasteiger charge is -2.22. The number of hydrogen-bond donors (Lipinski definition) is 1. The molecule has 0 aromatic heterocycles. The Morgan fingerprint density at radius 3 is 2.65 bits per heavy atom. The number of nitrogens with zero attached hydrogens (tertiary/aromatic N) is 1. The van der Waals surface area contributed by atoms with Crippen LogP contribution in [0.4, 0.5) is 0 Å². The van der Waals surface area contributed by atoms with Crippen LogP contribution in [0.5, 0.6) is 0 Å². The van der Waals surface area contributed by atoms with Crippen molar-refractivity contribution in [3.05, 3.63) is 34.3 Å². The Balaban J connectivity index is 2.65. The van der Waals surface area contributed by atoms with Crippen molar-refractivity contribution in [2.24, 2.45) is 5.92 Å². The number of carboxylic acids is 1. The third kappa shape index (κ3) is 5.33. The number of aliphatic carboxylic acids is 1. The molecule has 0 aliphatic rings. The number of carbonyl (C=O) groups excluding carboxylic acids is 1. The Kier molecular flexibility index (Phi) is 6.71. The van der Waals surface area contributed by atoms with Crippen LogP contribution in [-0.2, 0) is 16.0 Å². The van der Waals surface area contributed by atoms with Gasteiger partial charge >= 0.3 is 5.97 Å². The van der Waals surface area contributed by atoms with Crippen LogP contribution in [0, 0.1) is 5.92 Å². The fourth-order valence-electron chi connectivity index (χ4n) is 2.04. The van der Waals surface area contributed by atoms with Gasteiger partial charge in [0.25, 0.3) is 0 Å². The Bertz CT molecular complexity index is 476. The quantitative estimate of drug-likeness (QED) is 0.829. The van der Waals surface area contributed by atoms with E-state index in [-0.39, 0.29) is 24.8 Å². The lowest BCUT2D eigenvalue weighted by molar-refractivity contribution is -0.139. The van der Waals surface area contributed by atoms with Crippen LogP contribution >= 0.6 is 15.9 Å². The summed E-state index contributed by atoms with van der Waals surface area (Å²) in [5, 5.41) is 8.66. The summed E-state index contributed by atoms with van der Waals surface area (Å²) in [5.41, 5.74) is 1.10. The number of carbonyl (C=O) groups is 2. The lowest BCUT2D eigenvalue weighted by atomic mass is 9.95.